The minimum absolute atomic E-state index is 0. The molecule has 0 atom stereocenters. The Morgan fingerprint density at radius 3 is 1.12 bits per heavy atom. The average molecular weight is 201 g/mol. The molecule has 8 heavy (non-hydrogen) atoms. The van der Waals surface area contributed by atoms with Gasteiger partial charge in [-0.15, -0.1) is 12.4 Å². The first-order chi connectivity index (χ1) is 3.13. The first-order valence-corrected chi connectivity index (χ1v) is 4.11. The van der Waals surface area contributed by atoms with Gasteiger partial charge in [-0.05, 0) is 0 Å². The van der Waals surface area contributed by atoms with Gasteiger partial charge in [0.1, 0.15) is 0 Å². The van der Waals surface area contributed by atoms with Crippen LogP contribution in [0.25, 0.3) is 0 Å². The predicted octanol–water partition coefficient (Wildman–Crippen LogP) is -0.202. The fourth-order valence-corrected chi connectivity index (χ4v) is 2.08. The zero-order valence-corrected chi connectivity index (χ0v) is 8.72. The van der Waals surface area contributed by atoms with Gasteiger partial charge < -0.3 is 0 Å². The van der Waals surface area contributed by atoms with Crippen LogP contribution in [0.3, 0.4) is 0 Å². The van der Waals surface area contributed by atoms with Crippen LogP contribution in [0.1, 0.15) is 0 Å². The molecule has 0 aromatic rings. The summed E-state index contributed by atoms with van der Waals surface area (Å²) in [5, 5.41) is 0. The smallest absolute Gasteiger partial charge is 0.147 e. The molecule has 0 saturated carbocycles. The largest absolute Gasteiger partial charge is 0.147 e. The van der Waals surface area contributed by atoms with Crippen molar-refractivity contribution in [3.63, 3.8) is 0 Å². The molecule has 0 unspecified atom stereocenters. The summed E-state index contributed by atoms with van der Waals surface area (Å²) in [4.78, 5) is 0. The van der Waals surface area contributed by atoms with Crippen molar-refractivity contribution in [2.24, 2.45) is 0 Å². The van der Waals surface area contributed by atoms with E-state index >= 15 is 0 Å². The fourth-order valence-electron chi connectivity index (χ4n) is 0.400. The summed E-state index contributed by atoms with van der Waals surface area (Å²) in [7, 11) is 8.44. The minimum atomic E-state index is 0. The Morgan fingerprint density at radius 2 is 1.12 bits per heavy atom. The second-order valence-corrected chi connectivity index (χ2v) is 6.06. The maximum Gasteiger partial charge on any atom is -0.147 e. The Hall–Kier alpha value is 0.768. The second kappa shape index (κ2) is 5.90. The van der Waals surface area contributed by atoms with Crippen LogP contribution in [-0.4, -0.2) is 52.0 Å². The zero-order chi connectivity index (χ0) is 5.86. The quantitative estimate of drug-likeness (QED) is 0.570. The summed E-state index contributed by atoms with van der Waals surface area (Å²) in [6.07, 6.45) is 0. The van der Waals surface area contributed by atoms with Crippen LogP contribution in [0.5, 0.6) is 0 Å². The van der Waals surface area contributed by atoms with E-state index in [4.69, 9.17) is 0 Å². The van der Waals surface area contributed by atoms with Crippen LogP contribution >= 0.6 is 12.4 Å². The van der Waals surface area contributed by atoms with Crippen molar-refractivity contribution in [3.05, 3.63) is 0 Å². The molecule has 0 N–H and O–H groups in total. The van der Waals surface area contributed by atoms with E-state index in [9.17, 15) is 0 Å². The van der Waals surface area contributed by atoms with Gasteiger partial charge in [0, 0.05) is 0 Å². The third-order valence-corrected chi connectivity index (χ3v) is 2.08. The number of rotatable bonds is 2. The number of nitrogens with zero attached hydrogens (tertiary/aromatic N) is 2. The van der Waals surface area contributed by atoms with E-state index in [0.29, 0.717) is 0 Å². The summed E-state index contributed by atoms with van der Waals surface area (Å²) >= 11 is 0.0556. The Balaban J connectivity index is 0. The molecule has 0 fully saturated rings. The molecule has 0 heterocycles. The summed E-state index contributed by atoms with van der Waals surface area (Å²) < 4.78 is 4.50. The van der Waals surface area contributed by atoms with E-state index in [1.165, 1.54) is 0 Å². The van der Waals surface area contributed by atoms with Gasteiger partial charge in [0.2, 0.25) is 0 Å². The molecule has 0 amide bonds. The zero-order valence-electron chi connectivity index (χ0n) is 5.80. The SMILES string of the molecule is CN(C)[AsH]N(C)C.Cl. The van der Waals surface area contributed by atoms with Crippen LogP contribution < -0.4 is 0 Å². The van der Waals surface area contributed by atoms with E-state index in [-0.39, 0.29) is 28.6 Å². The number of hydrogen-bond acceptors (Lipinski definition) is 2. The van der Waals surface area contributed by atoms with Crippen LogP contribution in [0, 0.1) is 0 Å². The molecule has 0 aromatic heterocycles. The van der Waals surface area contributed by atoms with Gasteiger partial charge in [-0.25, -0.2) is 0 Å². The Morgan fingerprint density at radius 1 is 0.875 bits per heavy atom. The van der Waals surface area contributed by atoms with Crippen molar-refractivity contribution in [1.82, 2.24) is 7.63 Å². The van der Waals surface area contributed by atoms with Crippen LogP contribution in [0.15, 0.2) is 0 Å². The predicted molar refractivity (Wildman–Crippen MR) is 41.8 cm³/mol. The van der Waals surface area contributed by atoms with Crippen molar-refractivity contribution in [1.29, 1.82) is 0 Å². The first kappa shape index (κ1) is 11.6. The maximum absolute atomic E-state index is 2.25. The molecular weight excluding hydrogens is 186 g/mol. The molecule has 0 aliphatic carbocycles. The van der Waals surface area contributed by atoms with Crippen LogP contribution in [-0.2, 0) is 0 Å². The van der Waals surface area contributed by atoms with Gasteiger partial charge in [-0.1, -0.05) is 0 Å². The molecule has 52 valence electrons. The van der Waals surface area contributed by atoms with Gasteiger partial charge in [0.05, 0.1) is 0 Å². The van der Waals surface area contributed by atoms with Crippen molar-refractivity contribution < 1.29 is 0 Å². The maximum atomic E-state index is 2.25. The first-order valence-electron chi connectivity index (χ1n) is 2.24. The molecule has 4 heteroatoms. The normalized spacial score (nSPS) is 9.75. The summed E-state index contributed by atoms with van der Waals surface area (Å²) in [5.74, 6) is 0. The fraction of sp³-hybridized carbons (Fsp3) is 1.00. The number of hydrogen-bond donors (Lipinski definition) is 0. The third kappa shape index (κ3) is 9.90. The summed E-state index contributed by atoms with van der Waals surface area (Å²) in [6, 6.07) is 0. The Labute approximate surface area is 64.8 Å². The van der Waals surface area contributed by atoms with E-state index in [1.54, 1.807) is 0 Å². The van der Waals surface area contributed by atoms with Crippen molar-refractivity contribution in [2.75, 3.05) is 28.2 Å². The van der Waals surface area contributed by atoms with Crippen LogP contribution in [0.4, 0.5) is 0 Å². The second-order valence-electron chi connectivity index (χ2n) is 1.89. The molecule has 2 nitrogen and oxygen atoms in total. The number of halogens is 1. The Bertz CT molecular complexity index is 43.3. The van der Waals surface area contributed by atoms with Gasteiger partial charge in [-0.3, -0.25) is 0 Å². The molecule has 0 radical (unpaired) electrons. The standard InChI is InChI=1S/C4H13AsN2.ClH/c1-6(2)5-7(3)4;/h5H,1-4H3;1H. The monoisotopic (exact) mass is 200 g/mol. The molecular formula is C4H14AsClN2. The summed E-state index contributed by atoms with van der Waals surface area (Å²) in [6.45, 7) is 0. The van der Waals surface area contributed by atoms with E-state index in [0.717, 1.165) is 0 Å². The molecule has 0 aliphatic rings. The molecule has 0 bridgehead atoms. The molecule has 0 saturated heterocycles. The topological polar surface area (TPSA) is 6.48 Å². The van der Waals surface area contributed by atoms with Crippen LogP contribution in [0.2, 0.25) is 0 Å². The summed E-state index contributed by atoms with van der Waals surface area (Å²) in [5.41, 5.74) is 0. The van der Waals surface area contributed by atoms with Gasteiger partial charge in [-0.2, -0.15) is 0 Å². The third-order valence-electron chi connectivity index (χ3n) is 0.400. The average Bonchev–Trinajstić information content (AvgIpc) is 1.27. The molecule has 0 aromatic carbocycles. The van der Waals surface area contributed by atoms with Gasteiger partial charge in [0.15, 0.2) is 0 Å². The molecule has 0 rings (SSSR count). The van der Waals surface area contributed by atoms with Crippen molar-refractivity contribution in [2.45, 2.75) is 0 Å². The van der Waals surface area contributed by atoms with Crippen molar-refractivity contribution >= 4 is 28.6 Å². The van der Waals surface area contributed by atoms with E-state index in [1.807, 2.05) is 0 Å². The Kier molecular flexibility index (Phi) is 8.51. The van der Waals surface area contributed by atoms with E-state index in [2.05, 4.69) is 35.8 Å². The molecule has 0 spiro atoms. The van der Waals surface area contributed by atoms with Crippen molar-refractivity contribution in [3.8, 4) is 0 Å². The minimum Gasteiger partial charge on any atom is -0.147 e. The van der Waals surface area contributed by atoms with Gasteiger partial charge in [0.25, 0.3) is 0 Å². The van der Waals surface area contributed by atoms with E-state index < -0.39 is 0 Å². The van der Waals surface area contributed by atoms with Gasteiger partial charge >= 0.3 is 52.0 Å². The molecule has 0 aliphatic heterocycles.